The predicted octanol–water partition coefficient (Wildman–Crippen LogP) is 3.41. The number of pyridine rings is 1. The fraction of sp³-hybridized carbons (Fsp3) is 0.235. The topological polar surface area (TPSA) is 50.3 Å². The first kappa shape index (κ1) is 13.5. The molecule has 0 bridgehead atoms. The zero-order valence-corrected chi connectivity index (χ0v) is 12.5. The third-order valence-electron chi connectivity index (χ3n) is 4.06. The van der Waals surface area contributed by atoms with Crippen LogP contribution in [0.3, 0.4) is 0 Å². The molecule has 1 aliphatic heterocycles. The predicted molar refractivity (Wildman–Crippen MR) is 81.9 cm³/mol. The Kier molecular flexibility index (Phi) is 3.01. The van der Waals surface area contributed by atoms with E-state index in [1.165, 1.54) is 4.90 Å². The van der Waals surface area contributed by atoms with Crippen molar-refractivity contribution in [2.24, 2.45) is 0 Å². The quantitative estimate of drug-likeness (QED) is 0.816. The smallest absolute Gasteiger partial charge is 0.261 e. The molecule has 1 aliphatic carbocycles. The van der Waals surface area contributed by atoms with Crippen LogP contribution in [-0.2, 0) is 6.54 Å². The van der Waals surface area contributed by atoms with E-state index < -0.39 is 0 Å². The van der Waals surface area contributed by atoms with Crippen LogP contribution in [0.25, 0.3) is 0 Å². The first-order valence-corrected chi connectivity index (χ1v) is 7.63. The van der Waals surface area contributed by atoms with Crippen molar-refractivity contribution in [2.45, 2.75) is 25.3 Å². The Hall–Kier alpha value is -2.20. The summed E-state index contributed by atoms with van der Waals surface area (Å²) in [5.74, 6) is -0.0645. The number of fused-ring (bicyclic) bond motifs is 1. The summed E-state index contributed by atoms with van der Waals surface area (Å²) in [6.07, 6.45) is 2.25. The number of aromatic nitrogens is 1. The Bertz CT molecular complexity index is 764. The van der Waals surface area contributed by atoms with Gasteiger partial charge in [-0.25, -0.2) is 0 Å². The Morgan fingerprint density at radius 3 is 2.32 bits per heavy atom. The van der Waals surface area contributed by atoms with Gasteiger partial charge in [0.25, 0.3) is 11.8 Å². The minimum Gasteiger partial charge on any atom is -0.269 e. The van der Waals surface area contributed by atoms with E-state index in [0.717, 1.165) is 18.5 Å². The van der Waals surface area contributed by atoms with Gasteiger partial charge in [-0.2, -0.15) is 0 Å². The Morgan fingerprint density at radius 2 is 1.73 bits per heavy atom. The second-order valence-electron chi connectivity index (χ2n) is 5.72. The Balaban J connectivity index is 1.65. The van der Waals surface area contributed by atoms with Gasteiger partial charge >= 0.3 is 0 Å². The van der Waals surface area contributed by atoms with E-state index in [1.54, 1.807) is 30.3 Å². The van der Waals surface area contributed by atoms with Gasteiger partial charge in [-0.05, 0) is 37.1 Å². The van der Waals surface area contributed by atoms with Crippen molar-refractivity contribution in [3.63, 3.8) is 0 Å². The lowest BCUT2D eigenvalue weighted by atomic mass is 10.1. The van der Waals surface area contributed by atoms with Crippen LogP contribution in [0.1, 0.15) is 50.9 Å². The van der Waals surface area contributed by atoms with E-state index >= 15 is 0 Å². The Labute approximate surface area is 132 Å². The summed E-state index contributed by atoms with van der Waals surface area (Å²) in [5, 5.41) is 0.600. The molecule has 110 valence electrons. The summed E-state index contributed by atoms with van der Waals surface area (Å²) in [4.78, 5) is 30.5. The minimum atomic E-state index is -0.268. The fourth-order valence-electron chi connectivity index (χ4n) is 2.79. The summed E-state index contributed by atoms with van der Waals surface area (Å²) < 4.78 is 0. The molecular formula is C17H13ClN2O2. The van der Waals surface area contributed by atoms with E-state index in [4.69, 9.17) is 11.6 Å². The number of benzene rings is 1. The molecule has 4 rings (SSSR count). The highest BCUT2D eigenvalue weighted by Crippen LogP contribution is 2.40. The molecule has 0 saturated heterocycles. The number of carbonyl (C=O) groups is 2. The normalized spacial score (nSPS) is 17.0. The molecule has 22 heavy (non-hydrogen) atoms. The van der Waals surface area contributed by atoms with Crippen LogP contribution in [0.4, 0.5) is 0 Å². The lowest BCUT2D eigenvalue weighted by Gasteiger charge is -2.14. The molecule has 0 N–H and O–H groups in total. The second kappa shape index (κ2) is 4.92. The van der Waals surface area contributed by atoms with Gasteiger partial charge in [-0.15, -0.1) is 0 Å². The largest absolute Gasteiger partial charge is 0.269 e. The standard InChI is InChI=1S/C17H13ClN2O2/c18-11-7-12(19-15(8-11)10-5-6-10)9-20-16(21)13-3-1-2-4-14(13)17(20)22/h1-4,7-8,10H,5-6,9H2. The highest BCUT2D eigenvalue weighted by molar-refractivity contribution is 6.30. The molecule has 2 amide bonds. The van der Waals surface area contributed by atoms with Gasteiger partial charge in [0.2, 0.25) is 0 Å². The van der Waals surface area contributed by atoms with Crippen LogP contribution in [0, 0.1) is 0 Å². The number of imide groups is 1. The van der Waals surface area contributed by atoms with Crippen molar-refractivity contribution in [3.8, 4) is 0 Å². The van der Waals surface area contributed by atoms with Crippen LogP contribution in [0.15, 0.2) is 36.4 Å². The van der Waals surface area contributed by atoms with Crippen molar-refractivity contribution < 1.29 is 9.59 Å². The fourth-order valence-corrected chi connectivity index (χ4v) is 3.02. The van der Waals surface area contributed by atoms with E-state index in [-0.39, 0.29) is 18.4 Å². The van der Waals surface area contributed by atoms with Gasteiger partial charge in [0.05, 0.1) is 23.4 Å². The van der Waals surface area contributed by atoms with Crippen molar-refractivity contribution in [1.29, 1.82) is 0 Å². The summed E-state index contributed by atoms with van der Waals surface area (Å²) in [7, 11) is 0. The minimum absolute atomic E-state index is 0.159. The summed E-state index contributed by atoms with van der Waals surface area (Å²) in [5.41, 5.74) is 2.52. The molecule has 1 fully saturated rings. The van der Waals surface area contributed by atoms with Crippen LogP contribution in [-0.4, -0.2) is 21.7 Å². The SMILES string of the molecule is O=C1c2ccccc2C(=O)N1Cc1cc(Cl)cc(C2CC2)n1. The molecule has 2 heterocycles. The van der Waals surface area contributed by atoms with Crippen molar-refractivity contribution in [3.05, 3.63) is 63.9 Å². The molecule has 0 unspecified atom stereocenters. The Morgan fingerprint density at radius 1 is 1.09 bits per heavy atom. The van der Waals surface area contributed by atoms with E-state index in [2.05, 4.69) is 4.98 Å². The second-order valence-corrected chi connectivity index (χ2v) is 6.15. The van der Waals surface area contributed by atoms with Gasteiger partial charge in [0.1, 0.15) is 0 Å². The molecular weight excluding hydrogens is 300 g/mol. The maximum atomic E-state index is 12.4. The molecule has 1 aromatic heterocycles. The van der Waals surface area contributed by atoms with Gasteiger partial charge in [0.15, 0.2) is 0 Å². The van der Waals surface area contributed by atoms with Crippen LogP contribution < -0.4 is 0 Å². The molecule has 1 saturated carbocycles. The third kappa shape index (κ3) is 2.20. The number of rotatable bonds is 3. The van der Waals surface area contributed by atoms with Gasteiger partial charge in [-0.3, -0.25) is 19.5 Å². The van der Waals surface area contributed by atoms with Gasteiger partial charge in [0, 0.05) is 16.6 Å². The zero-order valence-electron chi connectivity index (χ0n) is 11.8. The first-order valence-electron chi connectivity index (χ1n) is 7.25. The van der Waals surface area contributed by atoms with Crippen molar-refractivity contribution in [2.75, 3.05) is 0 Å². The van der Waals surface area contributed by atoms with E-state index in [1.807, 2.05) is 6.07 Å². The number of carbonyl (C=O) groups excluding carboxylic acids is 2. The molecule has 2 aromatic rings. The number of nitrogens with zero attached hydrogens (tertiary/aromatic N) is 2. The third-order valence-corrected chi connectivity index (χ3v) is 4.28. The maximum absolute atomic E-state index is 12.4. The lowest BCUT2D eigenvalue weighted by molar-refractivity contribution is 0.0640. The maximum Gasteiger partial charge on any atom is 0.261 e. The van der Waals surface area contributed by atoms with E-state index in [0.29, 0.717) is 27.8 Å². The average molecular weight is 313 g/mol. The zero-order chi connectivity index (χ0) is 15.3. The molecule has 2 aliphatic rings. The molecule has 0 atom stereocenters. The van der Waals surface area contributed by atoms with Crippen LogP contribution in [0.2, 0.25) is 5.02 Å². The molecule has 0 radical (unpaired) electrons. The van der Waals surface area contributed by atoms with Crippen LogP contribution in [0.5, 0.6) is 0 Å². The van der Waals surface area contributed by atoms with Crippen LogP contribution >= 0.6 is 11.6 Å². The van der Waals surface area contributed by atoms with Crippen molar-refractivity contribution in [1.82, 2.24) is 9.88 Å². The summed E-state index contributed by atoms with van der Waals surface area (Å²) in [6.45, 7) is 0.159. The van der Waals surface area contributed by atoms with Crippen molar-refractivity contribution >= 4 is 23.4 Å². The molecule has 1 aromatic carbocycles. The highest BCUT2D eigenvalue weighted by Gasteiger charge is 2.35. The van der Waals surface area contributed by atoms with Gasteiger partial charge < -0.3 is 0 Å². The van der Waals surface area contributed by atoms with E-state index in [9.17, 15) is 9.59 Å². The number of halogens is 1. The number of hydrogen-bond acceptors (Lipinski definition) is 3. The first-order chi connectivity index (χ1) is 10.6. The average Bonchev–Trinajstić information content (AvgIpc) is 3.32. The lowest BCUT2D eigenvalue weighted by Crippen LogP contribution is -2.29. The highest BCUT2D eigenvalue weighted by atomic mass is 35.5. The molecule has 5 heteroatoms. The monoisotopic (exact) mass is 312 g/mol. The number of amides is 2. The summed E-state index contributed by atoms with van der Waals surface area (Å²) >= 11 is 6.14. The molecule has 0 spiro atoms. The number of hydrogen-bond donors (Lipinski definition) is 0. The molecule has 4 nitrogen and oxygen atoms in total. The van der Waals surface area contributed by atoms with Gasteiger partial charge in [-0.1, -0.05) is 23.7 Å². The summed E-state index contributed by atoms with van der Waals surface area (Å²) in [6, 6.07) is 10.5.